The number of fused-ring (bicyclic) bond motifs is 10. The third-order valence-corrected chi connectivity index (χ3v) is 15.4. The normalized spacial score (nSPS) is 12.7. The molecule has 1 N–H and O–H groups in total. The number of nitrogens with one attached hydrogen (secondary N) is 1. The summed E-state index contributed by atoms with van der Waals surface area (Å²) in [4.78, 5) is 2.37. The molecule has 11 aromatic rings. The van der Waals surface area contributed by atoms with Crippen LogP contribution in [0.3, 0.4) is 0 Å². The number of aromatic nitrogens is 1. The van der Waals surface area contributed by atoms with E-state index in [-0.39, 0.29) is 10.8 Å². The van der Waals surface area contributed by atoms with Gasteiger partial charge in [-0.2, -0.15) is 0 Å². The molecule has 3 nitrogen and oxygen atoms in total. The number of nitrogens with zero attached hydrogens (tertiary/aromatic N) is 2. The fourth-order valence-corrected chi connectivity index (χ4v) is 12.0. The van der Waals surface area contributed by atoms with Gasteiger partial charge in [0.05, 0.1) is 11.2 Å². The highest BCUT2D eigenvalue weighted by Gasteiger charge is 2.31. The maximum atomic E-state index is 3.92. The minimum absolute atomic E-state index is 0.0250. The van der Waals surface area contributed by atoms with E-state index < -0.39 is 0 Å². The number of hydrogen-bond donors (Lipinski definition) is 1. The van der Waals surface area contributed by atoms with E-state index in [0.29, 0.717) is 0 Å². The van der Waals surface area contributed by atoms with E-state index in [9.17, 15) is 0 Å². The van der Waals surface area contributed by atoms with Crippen molar-refractivity contribution in [3.05, 3.63) is 181 Å². The van der Waals surface area contributed by atoms with Gasteiger partial charge >= 0.3 is 0 Å². The van der Waals surface area contributed by atoms with Crippen LogP contribution in [0.5, 0.6) is 0 Å². The quantitative estimate of drug-likeness (QED) is 0.168. The molecule has 1 radical (unpaired) electrons. The van der Waals surface area contributed by atoms with Crippen molar-refractivity contribution in [3.63, 3.8) is 0 Å². The first-order chi connectivity index (χ1) is 31.0. The minimum atomic E-state index is 0.0250. The molecule has 3 aromatic heterocycles. The predicted molar refractivity (Wildman–Crippen MR) is 281 cm³/mol. The summed E-state index contributed by atoms with van der Waals surface area (Å²) < 4.78 is 7.87. The van der Waals surface area contributed by atoms with Gasteiger partial charge < -0.3 is 14.8 Å². The maximum absolute atomic E-state index is 3.92. The molecule has 0 unspecified atom stereocenters. The lowest BCUT2D eigenvalue weighted by Gasteiger charge is -2.27. The van der Waals surface area contributed by atoms with E-state index in [2.05, 4.69) is 233 Å². The predicted octanol–water partition coefficient (Wildman–Crippen LogP) is 15.8. The van der Waals surface area contributed by atoms with E-state index >= 15 is 0 Å². The zero-order valence-electron chi connectivity index (χ0n) is 37.0. The number of para-hydroxylation sites is 2. The Hall–Kier alpha value is -6.60. The van der Waals surface area contributed by atoms with Crippen LogP contribution in [0.1, 0.15) is 52.7 Å². The van der Waals surface area contributed by atoms with E-state index in [4.69, 9.17) is 0 Å². The fourth-order valence-electron chi connectivity index (χ4n) is 9.80. The molecule has 0 aliphatic carbocycles. The number of hydrogen-bond acceptors (Lipinski definition) is 4. The highest BCUT2D eigenvalue weighted by Crippen LogP contribution is 2.46. The van der Waals surface area contributed by atoms with Gasteiger partial charge in [-0.15, -0.1) is 22.7 Å². The Kier molecular flexibility index (Phi) is 8.82. The van der Waals surface area contributed by atoms with Crippen molar-refractivity contribution < 1.29 is 0 Å². The molecule has 12 rings (SSSR count). The van der Waals surface area contributed by atoms with E-state index in [1.807, 2.05) is 22.7 Å². The summed E-state index contributed by atoms with van der Waals surface area (Å²) in [6, 6.07) is 63.0. The first kappa shape index (κ1) is 39.0. The molecule has 0 spiro atoms. The van der Waals surface area contributed by atoms with Crippen molar-refractivity contribution in [1.82, 2.24) is 4.57 Å². The van der Waals surface area contributed by atoms with Crippen LogP contribution in [0.4, 0.5) is 28.4 Å². The van der Waals surface area contributed by atoms with Crippen molar-refractivity contribution in [1.29, 1.82) is 0 Å². The highest BCUT2D eigenvalue weighted by molar-refractivity contribution is 7.29. The fraction of sp³-hybridized carbons (Fsp3) is 0.138. The largest absolute Gasteiger partial charge is 0.355 e. The summed E-state index contributed by atoms with van der Waals surface area (Å²) in [5.74, 6) is 0. The molecule has 0 saturated heterocycles. The molecule has 0 bridgehead atoms. The van der Waals surface area contributed by atoms with Gasteiger partial charge in [0.25, 0.3) is 0 Å². The van der Waals surface area contributed by atoms with E-state index in [1.165, 1.54) is 84.7 Å². The van der Waals surface area contributed by atoms with Crippen LogP contribution in [0.2, 0.25) is 0 Å². The number of anilines is 5. The van der Waals surface area contributed by atoms with Crippen molar-refractivity contribution in [2.24, 2.45) is 0 Å². The van der Waals surface area contributed by atoms with E-state index in [1.54, 1.807) is 0 Å². The molecule has 1 aliphatic rings. The van der Waals surface area contributed by atoms with E-state index in [0.717, 1.165) is 34.0 Å². The molecule has 0 amide bonds. The number of thiophene rings is 2. The number of rotatable bonds is 6. The Labute approximate surface area is 383 Å². The SMILES string of the molecule is CC(C)(C)c1ccc(Nc2ccc(N(c3ccccc3)c3ccccc3)cc2-c2ccc3c4cc5sc6ccccc6c5cc4n4c3c2[B]c2sc3ccc(C(C)(C)C)cc3c2-4)cc1. The molecule has 8 aromatic carbocycles. The molecule has 4 heterocycles. The van der Waals surface area contributed by atoms with Gasteiger partial charge in [-0.3, -0.25) is 0 Å². The van der Waals surface area contributed by atoms with Gasteiger partial charge in [0, 0.05) is 80.5 Å². The Morgan fingerprint density at radius 1 is 0.484 bits per heavy atom. The van der Waals surface area contributed by atoms with Crippen molar-refractivity contribution in [2.75, 3.05) is 10.2 Å². The Balaban J connectivity index is 1.14. The van der Waals surface area contributed by atoms with Gasteiger partial charge in [-0.05, 0) is 123 Å². The summed E-state index contributed by atoms with van der Waals surface area (Å²) in [6.07, 6.45) is 0. The Morgan fingerprint density at radius 3 is 1.88 bits per heavy atom. The monoisotopic (exact) mass is 860 g/mol. The summed E-state index contributed by atoms with van der Waals surface area (Å²) in [5.41, 5.74) is 15.6. The van der Waals surface area contributed by atoms with Crippen LogP contribution in [0.25, 0.3) is 68.9 Å². The van der Waals surface area contributed by atoms with Crippen LogP contribution in [-0.4, -0.2) is 11.8 Å². The van der Waals surface area contributed by atoms with Gasteiger partial charge in [0.2, 0.25) is 7.28 Å². The highest BCUT2D eigenvalue weighted by atomic mass is 32.1. The smallest absolute Gasteiger partial charge is 0.211 e. The second kappa shape index (κ2) is 14.5. The number of benzene rings is 8. The van der Waals surface area contributed by atoms with Crippen LogP contribution in [0.15, 0.2) is 170 Å². The van der Waals surface area contributed by atoms with Crippen LogP contribution < -0.4 is 20.5 Å². The summed E-state index contributed by atoms with van der Waals surface area (Å²) in [7, 11) is 2.49. The van der Waals surface area contributed by atoms with Crippen LogP contribution >= 0.6 is 22.7 Å². The first-order valence-corrected chi connectivity index (χ1v) is 23.9. The lowest BCUT2D eigenvalue weighted by atomic mass is 9.63. The maximum Gasteiger partial charge on any atom is 0.211 e. The molecule has 0 fully saturated rings. The molecular weight excluding hydrogens is 814 g/mol. The summed E-state index contributed by atoms with van der Waals surface area (Å²) in [5, 5.41) is 10.4. The van der Waals surface area contributed by atoms with Gasteiger partial charge in [0.1, 0.15) is 0 Å². The average Bonchev–Trinajstić information content (AvgIpc) is 3.96. The van der Waals surface area contributed by atoms with Crippen molar-refractivity contribution in [2.45, 2.75) is 52.4 Å². The van der Waals surface area contributed by atoms with Crippen molar-refractivity contribution in [3.8, 4) is 16.8 Å². The minimum Gasteiger partial charge on any atom is -0.355 e. The third kappa shape index (κ3) is 6.29. The lowest BCUT2D eigenvalue weighted by molar-refractivity contribution is 0.590. The molecule has 1 aliphatic heterocycles. The summed E-state index contributed by atoms with van der Waals surface area (Å²) >= 11 is 3.80. The zero-order valence-corrected chi connectivity index (χ0v) is 38.6. The topological polar surface area (TPSA) is 20.2 Å². The third-order valence-electron chi connectivity index (χ3n) is 13.1. The second-order valence-electron chi connectivity index (χ2n) is 19.3. The second-order valence-corrected chi connectivity index (χ2v) is 21.5. The molecule has 309 valence electrons. The molecule has 64 heavy (non-hydrogen) atoms. The molecule has 0 atom stereocenters. The average molecular weight is 861 g/mol. The molecular formula is C58H47BN3S2. The Morgan fingerprint density at radius 2 is 1.16 bits per heavy atom. The lowest BCUT2D eigenvalue weighted by Crippen LogP contribution is -2.35. The van der Waals surface area contributed by atoms with Gasteiger partial charge in [-0.1, -0.05) is 126 Å². The first-order valence-electron chi connectivity index (χ1n) is 22.2. The van der Waals surface area contributed by atoms with Crippen molar-refractivity contribution >= 4 is 121 Å². The molecule has 0 saturated carbocycles. The van der Waals surface area contributed by atoms with Gasteiger partial charge in [0.15, 0.2) is 0 Å². The van der Waals surface area contributed by atoms with Crippen LogP contribution in [-0.2, 0) is 10.8 Å². The van der Waals surface area contributed by atoms with Gasteiger partial charge in [-0.25, -0.2) is 0 Å². The zero-order chi connectivity index (χ0) is 43.5. The van der Waals surface area contributed by atoms with Crippen LogP contribution in [0, 0.1) is 0 Å². The standard InChI is InChI=1S/C58H47BN3S2/c1-57(2,3)35-21-24-37(25-22-35)60-48-29-26-40(61(38-15-9-7-10-16-38)39-17-11-8-12-18-39)32-44(48)42-27-28-43-45-34-52-46(41-19-13-14-20-50(41)63-52)33-49(45)62-54(43)53(42)59-56-55(62)47-31-36(58(4,5)6)23-30-51(47)64-56/h7-34,60H,1-6H3. The summed E-state index contributed by atoms with van der Waals surface area (Å²) in [6.45, 7) is 13.8. The Bertz CT molecular complexity index is 3580. The molecule has 6 heteroatoms.